The van der Waals surface area contributed by atoms with Crippen LogP contribution in [0.15, 0.2) is 47.3 Å². The van der Waals surface area contributed by atoms with Gasteiger partial charge in [0, 0.05) is 19.4 Å². The van der Waals surface area contributed by atoms with Crippen LogP contribution in [-0.4, -0.2) is 37.3 Å². The zero-order valence-electron chi connectivity index (χ0n) is 22.9. The Balaban J connectivity index is 2.01. The molecule has 0 N–H and O–H groups in total. The molecule has 1 amide bonds. The standard InChI is InChI=1S/C28H26F4N2O7S/c1-15-5-11-21(20(29)13-15)34-25-23(24(16(2)26(36)33(25)3)41-42(38,39)28(30,31)32)22(35)12-8-18(27(34)37)14-17-6-9-19(40-4)10-7-17/h5-7,9-11,13,18H,8,12,14H2,1-4H3/t18-/m1/s1. The molecule has 0 saturated heterocycles. The minimum atomic E-state index is -6.34. The first-order chi connectivity index (χ1) is 19.6. The number of aryl methyl sites for hydroxylation is 1. The van der Waals surface area contributed by atoms with Gasteiger partial charge in [0.2, 0.25) is 5.91 Å². The van der Waals surface area contributed by atoms with Crippen LogP contribution in [0, 0.1) is 25.6 Å². The van der Waals surface area contributed by atoms with Crippen molar-refractivity contribution in [3.8, 4) is 11.5 Å². The number of carbonyl (C=O) groups is 2. The van der Waals surface area contributed by atoms with Crippen LogP contribution in [0.2, 0.25) is 0 Å². The molecular formula is C28H26F4N2O7S. The number of aromatic nitrogens is 1. The Morgan fingerprint density at radius 3 is 2.24 bits per heavy atom. The maximum atomic E-state index is 15.5. The molecule has 0 aliphatic carbocycles. The summed E-state index contributed by atoms with van der Waals surface area (Å²) in [5, 5.41) is 0. The van der Waals surface area contributed by atoms with Crippen LogP contribution in [0.25, 0.3) is 0 Å². The Kier molecular flexibility index (Phi) is 8.22. The molecule has 9 nitrogen and oxygen atoms in total. The fourth-order valence-corrected chi connectivity index (χ4v) is 5.30. The summed E-state index contributed by atoms with van der Waals surface area (Å²) in [6.07, 6.45) is -0.453. The lowest BCUT2D eigenvalue weighted by atomic mass is 9.88. The van der Waals surface area contributed by atoms with Gasteiger partial charge in [-0.25, -0.2) is 4.39 Å². The van der Waals surface area contributed by atoms with Crippen LogP contribution in [0.3, 0.4) is 0 Å². The van der Waals surface area contributed by atoms with Gasteiger partial charge in [0.15, 0.2) is 11.5 Å². The van der Waals surface area contributed by atoms with Crippen molar-refractivity contribution in [3.05, 3.63) is 80.9 Å². The number of pyridine rings is 1. The van der Waals surface area contributed by atoms with E-state index in [0.29, 0.717) is 16.9 Å². The number of rotatable bonds is 6. The summed E-state index contributed by atoms with van der Waals surface area (Å²) in [7, 11) is -3.72. The molecule has 224 valence electrons. The van der Waals surface area contributed by atoms with E-state index in [9.17, 15) is 36.0 Å². The van der Waals surface area contributed by atoms with Crippen molar-refractivity contribution < 1.29 is 44.5 Å². The molecule has 42 heavy (non-hydrogen) atoms. The van der Waals surface area contributed by atoms with Gasteiger partial charge in [0.25, 0.3) is 5.56 Å². The normalized spacial score (nSPS) is 16.1. The number of hydrogen-bond acceptors (Lipinski definition) is 7. The van der Waals surface area contributed by atoms with Crippen molar-refractivity contribution in [2.45, 2.75) is 38.6 Å². The van der Waals surface area contributed by atoms with E-state index in [1.54, 1.807) is 31.2 Å². The third-order valence-electron chi connectivity index (χ3n) is 6.98. The molecular weight excluding hydrogens is 584 g/mol. The average Bonchev–Trinajstić information content (AvgIpc) is 2.92. The topological polar surface area (TPSA) is 112 Å². The summed E-state index contributed by atoms with van der Waals surface area (Å²) in [6, 6.07) is 10.5. The van der Waals surface area contributed by atoms with Crippen LogP contribution in [0.5, 0.6) is 11.5 Å². The number of nitrogens with zero attached hydrogens (tertiary/aromatic N) is 2. The number of fused-ring (bicyclic) bond motifs is 1. The first-order valence-electron chi connectivity index (χ1n) is 12.6. The number of carbonyl (C=O) groups excluding carboxylic acids is 2. The number of halogens is 4. The second kappa shape index (κ2) is 11.2. The van der Waals surface area contributed by atoms with Gasteiger partial charge in [-0.1, -0.05) is 18.2 Å². The van der Waals surface area contributed by atoms with Crippen molar-refractivity contribution in [1.29, 1.82) is 0 Å². The number of alkyl halides is 3. The molecule has 2 aromatic carbocycles. The lowest BCUT2D eigenvalue weighted by molar-refractivity contribution is -0.122. The van der Waals surface area contributed by atoms with E-state index in [1.807, 2.05) is 0 Å². The largest absolute Gasteiger partial charge is 0.534 e. The number of amides is 1. The van der Waals surface area contributed by atoms with Crippen LogP contribution < -0.4 is 19.4 Å². The lowest BCUT2D eigenvalue weighted by Gasteiger charge is -2.33. The first-order valence-corrected chi connectivity index (χ1v) is 14.0. The number of Topliss-reactive ketones (excluding diaryl/α,β-unsaturated/α-hetero) is 1. The molecule has 1 aliphatic heterocycles. The smallest absolute Gasteiger partial charge is 0.497 e. The highest BCUT2D eigenvalue weighted by atomic mass is 32.2. The van der Waals surface area contributed by atoms with Gasteiger partial charge in [0.1, 0.15) is 22.9 Å². The highest BCUT2D eigenvalue weighted by Crippen LogP contribution is 2.42. The highest BCUT2D eigenvalue weighted by Gasteiger charge is 2.50. The van der Waals surface area contributed by atoms with E-state index in [4.69, 9.17) is 4.74 Å². The summed E-state index contributed by atoms with van der Waals surface area (Å²) >= 11 is 0. The third-order valence-corrected chi connectivity index (χ3v) is 7.93. The van der Waals surface area contributed by atoms with Crippen molar-refractivity contribution in [2.75, 3.05) is 12.0 Å². The van der Waals surface area contributed by atoms with Crippen LogP contribution in [0.4, 0.5) is 29.1 Å². The van der Waals surface area contributed by atoms with Gasteiger partial charge in [0.05, 0.1) is 18.4 Å². The monoisotopic (exact) mass is 610 g/mol. The predicted octanol–water partition coefficient (Wildman–Crippen LogP) is 4.88. The molecule has 1 aliphatic rings. The Hall–Kier alpha value is -4.20. The van der Waals surface area contributed by atoms with Gasteiger partial charge in [-0.15, -0.1) is 0 Å². The molecule has 4 rings (SSSR count). The van der Waals surface area contributed by atoms with Crippen molar-refractivity contribution in [1.82, 2.24) is 4.57 Å². The van der Waals surface area contributed by atoms with Crippen LogP contribution in [-0.2, 0) is 28.4 Å². The van der Waals surface area contributed by atoms with E-state index >= 15 is 4.39 Å². The Morgan fingerprint density at radius 2 is 1.67 bits per heavy atom. The van der Waals surface area contributed by atoms with Gasteiger partial charge in [-0.05, 0) is 62.1 Å². The van der Waals surface area contributed by atoms with E-state index in [1.165, 1.54) is 19.2 Å². The van der Waals surface area contributed by atoms with E-state index in [2.05, 4.69) is 4.18 Å². The highest BCUT2D eigenvalue weighted by molar-refractivity contribution is 7.88. The maximum absolute atomic E-state index is 15.5. The molecule has 0 fully saturated rings. The summed E-state index contributed by atoms with van der Waals surface area (Å²) in [5.41, 5.74) is -7.59. The molecule has 3 aromatic rings. The number of ether oxygens (including phenoxy) is 1. The Morgan fingerprint density at radius 1 is 1.02 bits per heavy atom. The number of methoxy groups -OCH3 is 1. The minimum Gasteiger partial charge on any atom is -0.497 e. The second-order valence-corrected chi connectivity index (χ2v) is 11.4. The Labute approximate surface area is 238 Å². The predicted molar refractivity (Wildman–Crippen MR) is 144 cm³/mol. The van der Waals surface area contributed by atoms with Crippen molar-refractivity contribution in [3.63, 3.8) is 0 Å². The summed E-state index contributed by atoms with van der Waals surface area (Å²) in [6.45, 7) is 2.57. The molecule has 0 saturated carbocycles. The first kappa shape index (κ1) is 30.8. The van der Waals surface area contributed by atoms with Crippen LogP contribution >= 0.6 is 0 Å². The zero-order chi connectivity index (χ0) is 31.1. The second-order valence-electron chi connectivity index (χ2n) is 9.84. The average molecular weight is 611 g/mol. The molecule has 1 aromatic heterocycles. The molecule has 0 unspecified atom stereocenters. The molecule has 0 spiro atoms. The summed E-state index contributed by atoms with van der Waals surface area (Å²) in [4.78, 5) is 41.8. The van der Waals surface area contributed by atoms with Gasteiger partial charge >= 0.3 is 15.6 Å². The molecule has 2 heterocycles. The fourth-order valence-electron chi connectivity index (χ4n) is 4.78. The molecule has 1 atom stereocenters. The lowest BCUT2D eigenvalue weighted by Crippen LogP contribution is -2.41. The van der Waals surface area contributed by atoms with E-state index < -0.39 is 79.4 Å². The Bertz CT molecular complexity index is 1730. The quantitative estimate of drug-likeness (QED) is 0.222. The summed E-state index contributed by atoms with van der Waals surface area (Å²) in [5.74, 6) is -4.78. The maximum Gasteiger partial charge on any atom is 0.534 e. The fraction of sp³-hybridized carbons (Fsp3) is 0.321. The molecule has 0 bridgehead atoms. The minimum absolute atomic E-state index is 0.0844. The van der Waals surface area contributed by atoms with Gasteiger partial charge in [-0.3, -0.25) is 23.9 Å². The number of benzene rings is 2. The third kappa shape index (κ3) is 5.62. The van der Waals surface area contributed by atoms with E-state index in [0.717, 1.165) is 29.5 Å². The number of ketones is 1. The molecule has 0 radical (unpaired) electrons. The summed E-state index contributed by atoms with van der Waals surface area (Å²) < 4.78 is 89.7. The van der Waals surface area contributed by atoms with Gasteiger partial charge < -0.3 is 8.92 Å². The van der Waals surface area contributed by atoms with Gasteiger partial charge in [-0.2, -0.15) is 21.6 Å². The number of hydrogen-bond donors (Lipinski definition) is 0. The van der Waals surface area contributed by atoms with E-state index in [-0.39, 0.29) is 12.8 Å². The van der Waals surface area contributed by atoms with Crippen molar-refractivity contribution in [2.24, 2.45) is 13.0 Å². The van der Waals surface area contributed by atoms with Crippen LogP contribution in [0.1, 0.15) is 39.9 Å². The number of anilines is 2. The molecule has 14 heteroatoms. The SMILES string of the molecule is COc1ccc(C[C@H]2CCC(=O)c3c(OS(=O)(=O)C(F)(F)F)c(C)c(=O)n(C)c3N(c3ccc(C)cc3F)C2=O)cc1. The van der Waals surface area contributed by atoms with Crippen molar-refractivity contribution >= 4 is 33.3 Å². The zero-order valence-corrected chi connectivity index (χ0v) is 23.7.